The second-order valence-corrected chi connectivity index (χ2v) is 8.93. The lowest BCUT2D eigenvalue weighted by atomic mass is 9.80. The topological polar surface area (TPSA) is 13.1 Å². The van der Waals surface area contributed by atoms with E-state index < -0.39 is 0 Å². The van der Waals surface area contributed by atoms with Gasteiger partial charge in [-0.1, -0.05) is 74.5 Å². The summed E-state index contributed by atoms with van der Waals surface area (Å²) in [6.07, 6.45) is 1.02. The molecule has 0 saturated carbocycles. The third kappa shape index (κ3) is 1.77. The van der Waals surface area contributed by atoms with E-state index in [9.17, 15) is 0 Å². The largest absolute Gasteiger partial charge is 0.456 e. The van der Waals surface area contributed by atoms with Crippen LogP contribution in [0.5, 0.6) is 0 Å². The van der Waals surface area contributed by atoms with Crippen molar-refractivity contribution >= 4 is 21.9 Å². The SMILES string of the molecule is CC1(C)c2ccc3c(c2-c2ccc4oc5ccccc5c4c21)Cc1ccccc1-3. The van der Waals surface area contributed by atoms with Crippen molar-refractivity contribution in [2.75, 3.05) is 0 Å². The van der Waals surface area contributed by atoms with Crippen molar-refractivity contribution < 1.29 is 4.42 Å². The zero-order valence-corrected chi connectivity index (χ0v) is 16.5. The Hall–Kier alpha value is -3.32. The normalized spacial score (nSPS) is 15.4. The quantitative estimate of drug-likeness (QED) is 0.270. The molecule has 5 aromatic rings. The van der Waals surface area contributed by atoms with Crippen molar-refractivity contribution in [3.05, 3.63) is 95.1 Å². The summed E-state index contributed by atoms with van der Waals surface area (Å²) in [4.78, 5) is 0. The third-order valence-electron chi connectivity index (χ3n) is 7.10. The maximum absolute atomic E-state index is 6.21. The Kier molecular flexibility index (Phi) is 2.68. The van der Waals surface area contributed by atoms with E-state index in [1.165, 1.54) is 55.3 Å². The van der Waals surface area contributed by atoms with Crippen LogP contribution in [0, 0.1) is 0 Å². The van der Waals surface area contributed by atoms with E-state index in [2.05, 4.69) is 86.6 Å². The molecule has 2 aliphatic rings. The Balaban J connectivity index is 1.62. The zero-order chi connectivity index (χ0) is 19.3. The number of para-hydroxylation sites is 1. The average molecular weight is 372 g/mol. The molecule has 0 aliphatic heterocycles. The summed E-state index contributed by atoms with van der Waals surface area (Å²) >= 11 is 0. The number of benzene rings is 4. The lowest BCUT2D eigenvalue weighted by Gasteiger charge is -2.22. The van der Waals surface area contributed by atoms with E-state index in [0.29, 0.717) is 0 Å². The summed E-state index contributed by atoms with van der Waals surface area (Å²) in [7, 11) is 0. The fourth-order valence-electron chi connectivity index (χ4n) is 5.85. The first-order valence-electron chi connectivity index (χ1n) is 10.3. The minimum atomic E-state index is -0.0549. The molecule has 2 aliphatic carbocycles. The first kappa shape index (κ1) is 15.6. The van der Waals surface area contributed by atoms with Crippen LogP contribution >= 0.6 is 0 Å². The van der Waals surface area contributed by atoms with E-state index in [4.69, 9.17) is 4.42 Å². The first-order valence-corrected chi connectivity index (χ1v) is 10.3. The molecule has 0 N–H and O–H groups in total. The van der Waals surface area contributed by atoms with Crippen LogP contribution in [0.25, 0.3) is 44.2 Å². The van der Waals surface area contributed by atoms with Gasteiger partial charge in [-0.2, -0.15) is 0 Å². The molecule has 138 valence electrons. The van der Waals surface area contributed by atoms with Crippen molar-refractivity contribution in [3.63, 3.8) is 0 Å². The average Bonchev–Trinajstić information content (AvgIpc) is 3.36. The van der Waals surface area contributed by atoms with Gasteiger partial charge < -0.3 is 4.42 Å². The van der Waals surface area contributed by atoms with Crippen LogP contribution in [0.15, 0.2) is 77.2 Å². The van der Waals surface area contributed by atoms with Gasteiger partial charge in [0.25, 0.3) is 0 Å². The van der Waals surface area contributed by atoms with Gasteiger partial charge in [-0.05, 0) is 63.1 Å². The molecule has 29 heavy (non-hydrogen) atoms. The molecule has 1 heterocycles. The fourth-order valence-corrected chi connectivity index (χ4v) is 5.85. The van der Waals surface area contributed by atoms with Crippen LogP contribution < -0.4 is 0 Å². The Morgan fingerprint density at radius 2 is 1.52 bits per heavy atom. The van der Waals surface area contributed by atoms with Gasteiger partial charge in [0.1, 0.15) is 11.2 Å². The fraction of sp³-hybridized carbons (Fsp3) is 0.143. The molecule has 1 nitrogen and oxygen atoms in total. The lowest BCUT2D eigenvalue weighted by molar-refractivity contribution is 0.657. The van der Waals surface area contributed by atoms with Gasteiger partial charge >= 0.3 is 0 Å². The Bertz CT molecular complexity index is 1500. The predicted octanol–water partition coefficient (Wildman–Crippen LogP) is 7.46. The summed E-state index contributed by atoms with van der Waals surface area (Å²) < 4.78 is 6.21. The summed E-state index contributed by atoms with van der Waals surface area (Å²) in [5.74, 6) is 0. The van der Waals surface area contributed by atoms with Crippen molar-refractivity contribution in [1.82, 2.24) is 0 Å². The Labute approximate surface area is 169 Å². The van der Waals surface area contributed by atoms with Crippen molar-refractivity contribution in [1.29, 1.82) is 0 Å². The molecule has 4 aromatic carbocycles. The summed E-state index contributed by atoms with van der Waals surface area (Å²) in [5, 5.41) is 2.50. The van der Waals surface area contributed by atoms with Crippen molar-refractivity contribution in [2.24, 2.45) is 0 Å². The van der Waals surface area contributed by atoms with Crippen LogP contribution in [0.3, 0.4) is 0 Å². The van der Waals surface area contributed by atoms with E-state index >= 15 is 0 Å². The zero-order valence-electron chi connectivity index (χ0n) is 16.5. The van der Waals surface area contributed by atoms with Crippen LogP contribution in [0.1, 0.15) is 36.1 Å². The Morgan fingerprint density at radius 1 is 0.724 bits per heavy atom. The number of hydrogen-bond acceptors (Lipinski definition) is 1. The predicted molar refractivity (Wildman–Crippen MR) is 120 cm³/mol. The minimum absolute atomic E-state index is 0.0549. The van der Waals surface area contributed by atoms with E-state index in [1.807, 2.05) is 0 Å². The lowest BCUT2D eigenvalue weighted by Crippen LogP contribution is -2.15. The highest BCUT2D eigenvalue weighted by Gasteiger charge is 2.40. The second kappa shape index (κ2) is 4.99. The molecule has 0 radical (unpaired) electrons. The maximum Gasteiger partial charge on any atom is 0.135 e. The third-order valence-corrected chi connectivity index (χ3v) is 7.10. The molecule has 0 fully saturated rings. The molecule has 0 spiro atoms. The maximum atomic E-state index is 6.21. The summed E-state index contributed by atoms with van der Waals surface area (Å²) in [5.41, 5.74) is 13.3. The molecule has 1 aromatic heterocycles. The molecule has 0 bridgehead atoms. The second-order valence-electron chi connectivity index (χ2n) is 8.93. The summed E-state index contributed by atoms with van der Waals surface area (Å²) in [6.45, 7) is 4.74. The highest BCUT2D eigenvalue weighted by Crippen LogP contribution is 2.56. The van der Waals surface area contributed by atoms with Crippen LogP contribution in [0.4, 0.5) is 0 Å². The van der Waals surface area contributed by atoms with Crippen LogP contribution in [-0.2, 0) is 11.8 Å². The molecule has 0 unspecified atom stereocenters. The van der Waals surface area contributed by atoms with E-state index in [-0.39, 0.29) is 5.41 Å². The molecule has 0 amide bonds. The van der Waals surface area contributed by atoms with Gasteiger partial charge in [-0.15, -0.1) is 0 Å². The molecular formula is C28H20O. The number of fused-ring (bicyclic) bond motifs is 11. The standard InChI is InChI=1S/C28H20O/c1-28(2)22-13-11-18-17-8-4-3-7-16(17)15-21(18)25(22)20-12-14-24-26(27(20)28)19-9-5-6-10-23(19)29-24/h3-14H,15H2,1-2H3. The van der Waals surface area contributed by atoms with Crippen LogP contribution in [-0.4, -0.2) is 0 Å². The van der Waals surface area contributed by atoms with Gasteiger partial charge in [0, 0.05) is 16.2 Å². The van der Waals surface area contributed by atoms with E-state index in [0.717, 1.165) is 17.6 Å². The molecular weight excluding hydrogens is 352 g/mol. The van der Waals surface area contributed by atoms with Crippen molar-refractivity contribution in [2.45, 2.75) is 25.7 Å². The first-order chi connectivity index (χ1) is 14.1. The summed E-state index contributed by atoms with van der Waals surface area (Å²) in [6, 6.07) is 26.4. The highest BCUT2D eigenvalue weighted by molar-refractivity contribution is 6.11. The number of hydrogen-bond donors (Lipinski definition) is 0. The van der Waals surface area contributed by atoms with Gasteiger partial charge in [0.15, 0.2) is 0 Å². The van der Waals surface area contributed by atoms with Crippen molar-refractivity contribution in [3.8, 4) is 22.3 Å². The van der Waals surface area contributed by atoms with Crippen LogP contribution in [0.2, 0.25) is 0 Å². The Morgan fingerprint density at radius 3 is 2.45 bits per heavy atom. The molecule has 0 saturated heterocycles. The molecule has 7 rings (SSSR count). The molecule has 0 atom stereocenters. The number of furan rings is 1. The number of rotatable bonds is 0. The van der Waals surface area contributed by atoms with Gasteiger partial charge in [0.2, 0.25) is 0 Å². The minimum Gasteiger partial charge on any atom is -0.456 e. The molecule has 1 heteroatoms. The van der Waals surface area contributed by atoms with Gasteiger partial charge in [-0.25, -0.2) is 0 Å². The smallest absolute Gasteiger partial charge is 0.135 e. The van der Waals surface area contributed by atoms with Gasteiger partial charge in [-0.3, -0.25) is 0 Å². The highest BCUT2D eigenvalue weighted by atomic mass is 16.3. The monoisotopic (exact) mass is 372 g/mol. The van der Waals surface area contributed by atoms with Gasteiger partial charge in [0.05, 0.1) is 0 Å². The van der Waals surface area contributed by atoms with E-state index in [1.54, 1.807) is 0 Å².